The van der Waals surface area contributed by atoms with E-state index < -0.39 is 10.2 Å². The van der Waals surface area contributed by atoms with E-state index in [9.17, 15) is 8.42 Å². The van der Waals surface area contributed by atoms with Crippen LogP contribution in [0.3, 0.4) is 0 Å². The number of aromatic nitrogens is 2. The lowest BCUT2D eigenvalue weighted by Gasteiger charge is -2.13. The Labute approximate surface area is 120 Å². The van der Waals surface area contributed by atoms with Crippen molar-refractivity contribution in [2.24, 2.45) is 0 Å². The van der Waals surface area contributed by atoms with Crippen molar-refractivity contribution >= 4 is 22.0 Å². The first-order valence-corrected chi connectivity index (χ1v) is 7.79. The van der Waals surface area contributed by atoms with Crippen LogP contribution in [0.5, 0.6) is 0 Å². The molecule has 0 atom stereocenters. The lowest BCUT2D eigenvalue weighted by Crippen LogP contribution is -2.38. The van der Waals surface area contributed by atoms with Crippen LogP contribution < -0.4 is 15.4 Å². The van der Waals surface area contributed by atoms with Gasteiger partial charge in [-0.3, -0.25) is 0 Å². The average molecular weight is 302 g/mol. The topological polar surface area (TPSA) is 99.2 Å². The number of hydrogen-bond donors (Lipinski definition) is 3. The summed E-state index contributed by atoms with van der Waals surface area (Å²) in [7, 11) is -0.439. The molecule has 0 bridgehead atoms. The van der Waals surface area contributed by atoms with Gasteiger partial charge < -0.3 is 10.6 Å². The molecule has 1 aromatic heterocycles. The van der Waals surface area contributed by atoms with Crippen LogP contribution >= 0.6 is 0 Å². The molecule has 0 spiro atoms. The first-order valence-electron chi connectivity index (χ1n) is 6.35. The molecule has 1 rings (SSSR count). The van der Waals surface area contributed by atoms with Crippen LogP contribution in [0.4, 0.5) is 11.8 Å². The summed E-state index contributed by atoms with van der Waals surface area (Å²) >= 11 is 0. The third-order valence-corrected chi connectivity index (χ3v) is 3.92. The van der Waals surface area contributed by atoms with Crippen molar-refractivity contribution in [2.75, 3.05) is 44.4 Å². The molecule has 3 N–H and O–H groups in total. The molecular formula is C11H22N6O2S. The smallest absolute Gasteiger partial charge is 0.278 e. The van der Waals surface area contributed by atoms with Crippen LogP contribution in [0.1, 0.15) is 12.6 Å². The Morgan fingerprint density at radius 1 is 1.20 bits per heavy atom. The van der Waals surface area contributed by atoms with Crippen molar-refractivity contribution in [3.63, 3.8) is 0 Å². The molecule has 0 amide bonds. The Hall–Kier alpha value is -1.45. The summed E-state index contributed by atoms with van der Waals surface area (Å²) in [6.45, 7) is 5.30. The van der Waals surface area contributed by atoms with Gasteiger partial charge in [0.15, 0.2) is 0 Å². The number of hydrogen-bond acceptors (Lipinski definition) is 6. The van der Waals surface area contributed by atoms with Gasteiger partial charge in [0, 0.05) is 45.5 Å². The van der Waals surface area contributed by atoms with E-state index in [4.69, 9.17) is 0 Å². The maximum atomic E-state index is 11.5. The number of rotatable bonds is 8. The molecule has 0 radical (unpaired) electrons. The summed E-state index contributed by atoms with van der Waals surface area (Å²) < 4.78 is 26.5. The lowest BCUT2D eigenvalue weighted by molar-refractivity contribution is 0.507. The zero-order valence-electron chi connectivity index (χ0n) is 12.3. The molecule has 0 aliphatic carbocycles. The molecule has 20 heavy (non-hydrogen) atoms. The lowest BCUT2D eigenvalue weighted by atomic mass is 10.4. The SMILES string of the molecule is CCNc1cc(C)nc(NCCNS(=O)(=O)N(C)C)n1. The Balaban J connectivity index is 2.50. The Morgan fingerprint density at radius 3 is 2.50 bits per heavy atom. The first-order chi connectivity index (χ1) is 9.35. The highest BCUT2D eigenvalue weighted by atomic mass is 32.2. The van der Waals surface area contributed by atoms with E-state index in [0.717, 1.165) is 22.4 Å². The highest BCUT2D eigenvalue weighted by Crippen LogP contribution is 2.08. The maximum absolute atomic E-state index is 11.5. The molecule has 114 valence electrons. The van der Waals surface area contributed by atoms with Gasteiger partial charge in [-0.2, -0.15) is 17.7 Å². The predicted octanol–water partition coefficient (Wildman–Crippen LogP) is 0.0247. The van der Waals surface area contributed by atoms with E-state index >= 15 is 0 Å². The highest BCUT2D eigenvalue weighted by Gasteiger charge is 2.11. The fourth-order valence-corrected chi connectivity index (χ4v) is 2.02. The van der Waals surface area contributed by atoms with Crippen LogP contribution in [0.25, 0.3) is 0 Å². The van der Waals surface area contributed by atoms with Gasteiger partial charge in [-0.05, 0) is 13.8 Å². The molecule has 0 aliphatic heterocycles. The quantitative estimate of drug-likeness (QED) is 0.586. The van der Waals surface area contributed by atoms with Gasteiger partial charge in [-0.1, -0.05) is 0 Å². The summed E-state index contributed by atoms with van der Waals surface area (Å²) in [5.41, 5.74) is 0.840. The second kappa shape index (κ2) is 7.36. The second-order valence-electron chi connectivity index (χ2n) is 4.36. The molecule has 0 unspecified atom stereocenters. The molecule has 8 nitrogen and oxygen atoms in total. The van der Waals surface area contributed by atoms with E-state index in [1.807, 2.05) is 19.9 Å². The molecule has 0 fully saturated rings. The normalized spacial score (nSPS) is 11.7. The average Bonchev–Trinajstić information content (AvgIpc) is 2.34. The molecule has 0 aromatic carbocycles. The molecular weight excluding hydrogens is 280 g/mol. The third-order valence-electron chi connectivity index (χ3n) is 2.39. The Morgan fingerprint density at radius 2 is 1.90 bits per heavy atom. The summed E-state index contributed by atoms with van der Waals surface area (Å²) in [6.07, 6.45) is 0. The molecule has 0 aliphatic rings. The zero-order valence-corrected chi connectivity index (χ0v) is 13.1. The fourth-order valence-electron chi connectivity index (χ4n) is 1.40. The van der Waals surface area contributed by atoms with Gasteiger partial charge in [0.2, 0.25) is 5.95 Å². The van der Waals surface area contributed by atoms with E-state index in [-0.39, 0.29) is 6.54 Å². The van der Waals surface area contributed by atoms with Gasteiger partial charge in [0.25, 0.3) is 10.2 Å². The zero-order chi connectivity index (χ0) is 15.2. The van der Waals surface area contributed by atoms with E-state index in [1.165, 1.54) is 14.1 Å². The van der Waals surface area contributed by atoms with Crippen molar-refractivity contribution in [2.45, 2.75) is 13.8 Å². The second-order valence-corrected chi connectivity index (χ2v) is 6.33. The van der Waals surface area contributed by atoms with Gasteiger partial charge >= 0.3 is 0 Å². The standard InChI is InChI=1S/C11H22N6O2S/c1-5-12-10-8-9(2)15-11(16-10)13-6-7-14-20(18,19)17(3)4/h8,14H,5-7H2,1-4H3,(H2,12,13,15,16). The fraction of sp³-hybridized carbons (Fsp3) is 0.636. The predicted molar refractivity (Wildman–Crippen MR) is 80.0 cm³/mol. The Bertz CT molecular complexity index is 532. The van der Waals surface area contributed by atoms with Gasteiger partial charge in [0.05, 0.1) is 0 Å². The van der Waals surface area contributed by atoms with Crippen LogP contribution in [0.2, 0.25) is 0 Å². The van der Waals surface area contributed by atoms with Crippen molar-refractivity contribution < 1.29 is 8.42 Å². The van der Waals surface area contributed by atoms with Crippen LogP contribution in [-0.2, 0) is 10.2 Å². The highest BCUT2D eigenvalue weighted by molar-refractivity contribution is 7.87. The van der Waals surface area contributed by atoms with Gasteiger partial charge in [0.1, 0.15) is 5.82 Å². The largest absolute Gasteiger partial charge is 0.370 e. The number of aryl methyl sites for hydroxylation is 1. The minimum atomic E-state index is -3.39. The number of anilines is 2. The third kappa shape index (κ3) is 5.27. The number of nitrogens with one attached hydrogen (secondary N) is 3. The van der Waals surface area contributed by atoms with Crippen LogP contribution in [0, 0.1) is 6.92 Å². The van der Waals surface area contributed by atoms with E-state index in [2.05, 4.69) is 25.3 Å². The summed E-state index contributed by atoms with van der Waals surface area (Å²) in [5, 5.41) is 6.10. The molecule has 0 saturated heterocycles. The van der Waals surface area contributed by atoms with Crippen molar-refractivity contribution in [1.82, 2.24) is 19.0 Å². The van der Waals surface area contributed by atoms with Crippen molar-refractivity contribution in [1.29, 1.82) is 0 Å². The molecule has 9 heteroatoms. The minimum absolute atomic E-state index is 0.258. The van der Waals surface area contributed by atoms with Crippen LogP contribution in [0.15, 0.2) is 6.07 Å². The summed E-state index contributed by atoms with van der Waals surface area (Å²) in [4.78, 5) is 8.51. The Kier molecular flexibility index (Phi) is 6.11. The van der Waals surface area contributed by atoms with Gasteiger partial charge in [-0.25, -0.2) is 9.71 Å². The first kappa shape index (κ1) is 16.6. The van der Waals surface area contributed by atoms with Crippen molar-refractivity contribution in [3.8, 4) is 0 Å². The van der Waals surface area contributed by atoms with Crippen molar-refractivity contribution in [3.05, 3.63) is 11.8 Å². The van der Waals surface area contributed by atoms with Gasteiger partial charge in [-0.15, -0.1) is 0 Å². The van der Waals surface area contributed by atoms with E-state index in [1.54, 1.807) is 0 Å². The van der Waals surface area contributed by atoms with Crippen LogP contribution in [-0.4, -0.2) is 56.4 Å². The minimum Gasteiger partial charge on any atom is -0.370 e. The number of nitrogens with zero attached hydrogens (tertiary/aromatic N) is 3. The summed E-state index contributed by atoms with van der Waals surface area (Å²) in [6, 6.07) is 1.85. The van der Waals surface area contributed by atoms with E-state index in [0.29, 0.717) is 12.5 Å². The monoisotopic (exact) mass is 302 g/mol. The summed E-state index contributed by atoms with van der Waals surface area (Å²) in [5.74, 6) is 1.22. The molecule has 0 saturated carbocycles. The maximum Gasteiger partial charge on any atom is 0.278 e. The molecule has 1 aromatic rings. The molecule has 1 heterocycles.